The second-order valence-electron chi connectivity index (χ2n) is 5.26. The summed E-state index contributed by atoms with van der Waals surface area (Å²) in [6.45, 7) is 2.75. The second-order valence-corrected chi connectivity index (χ2v) is 8.34. The molecule has 5 nitrogen and oxygen atoms in total. The lowest BCUT2D eigenvalue weighted by Crippen LogP contribution is -2.28. The Balaban J connectivity index is 1.81. The maximum Gasteiger partial charge on any atom is 0.254 e. The van der Waals surface area contributed by atoms with Gasteiger partial charge in [0.05, 0.1) is 5.56 Å². The number of thiophene rings is 1. The maximum atomic E-state index is 12.4. The van der Waals surface area contributed by atoms with E-state index < -0.39 is 10.0 Å². The molecule has 1 amide bonds. The highest BCUT2D eigenvalue weighted by Gasteiger charge is 2.30. The predicted molar refractivity (Wildman–Crippen MR) is 77.4 cm³/mol. The Labute approximate surface area is 123 Å². The molecular weight excluding hydrogens is 296 g/mol. The molecule has 110 valence electrons. The van der Waals surface area contributed by atoms with E-state index >= 15 is 0 Å². The van der Waals surface area contributed by atoms with Gasteiger partial charge >= 0.3 is 0 Å². The first-order valence-corrected chi connectivity index (χ1v) is 9.29. The molecule has 3 heterocycles. The highest BCUT2D eigenvalue weighted by atomic mass is 32.2. The Bertz CT molecular complexity index is 597. The molecular formula is C13H18N2O3S2. The molecule has 0 radical (unpaired) electrons. The van der Waals surface area contributed by atoms with E-state index in [-0.39, 0.29) is 5.91 Å². The molecule has 2 saturated heterocycles. The van der Waals surface area contributed by atoms with Crippen LogP contribution in [0.25, 0.3) is 0 Å². The van der Waals surface area contributed by atoms with Crippen molar-refractivity contribution in [3.8, 4) is 0 Å². The summed E-state index contributed by atoms with van der Waals surface area (Å²) < 4.78 is 26.6. The molecule has 20 heavy (non-hydrogen) atoms. The van der Waals surface area contributed by atoms with Crippen LogP contribution in [0.3, 0.4) is 0 Å². The Morgan fingerprint density at radius 3 is 2.30 bits per heavy atom. The van der Waals surface area contributed by atoms with Crippen molar-refractivity contribution >= 4 is 27.3 Å². The summed E-state index contributed by atoms with van der Waals surface area (Å²) >= 11 is 1.15. The third kappa shape index (κ3) is 2.49. The van der Waals surface area contributed by atoms with Crippen LogP contribution < -0.4 is 0 Å². The summed E-state index contributed by atoms with van der Waals surface area (Å²) in [6, 6.07) is 1.54. The van der Waals surface area contributed by atoms with Gasteiger partial charge in [-0.15, -0.1) is 11.3 Å². The topological polar surface area (TPSA) is 57.7 Å². The fourth-order valence-corrected chi connectivity index (χ4v) is 5.55. The van der Waals surface area contributed by atoms with Crippen LogP contribution in [0.5, 0.6) is 0 Å². The number of nitrogens with zero attached hydrogens (tertiary/aromatic N) is 2. The summed E-state index contributed by atoms with van der Waals surface area (Å²) in [4.78, 5) is 14.0. The summed E-state index contributed by atoms with van der Waals surface area (Å²) in [5.74, 6) is -0.0402. The van der Waals surface area contributed by atoms with E-state index in [1.165, 1.54) is 4.31 Å². The third-order valence-corrected chi connectivity index (χ3v) is 7.19. The maximum absolute atomic E-state index is 12.4. The van der Waals surface area contributed by atoms with Gasteiger partial charge in [-0.05, 0) is 31.7 Å². The fourth-order valence-electron chi connectivity index (χ4n) is 2.72. The predicted octanol–water partition coefficient (Wildman–Crippen LogP) is 1.77. The van der Waals surface area contributed by atoms with Crippen LogP contribution in [0, 0.1) is 0 Å². The van der Waals surface area contributed by atoms with Gasteiger partial charge in [-0.3, -0.25) is 4.79 Å². The van der Waals surface area contributed by atoms with E-state index in [4.69, 9.17) is 0 Å². The first-order chi connectivity index (χ1) is 9.59. The second kappa shape index (κ2) is 5.46. The number of carbonyl (C=O) groups excluding carboxylic acids is 1. The molecule has 0 aromatic carbocycles. The quantitative estimate of drug-likeness (QED) is 0.854. The minimum Gasteiger partial charge on any atom is -0.339 e. The monoisotopic (exact) mass is 314 g/mol. The number of amides is 1. The Morgan fingerprint density at radius 2 is 1.65 bits per heavy atom. The molecule has 0 bridgehead atoms. The van der Waals surface area contributed by atoms with Crippen molar-refractivity contribution in [3.63, 3.8) is 0 Å². The highest BCUT2D eigenvalue weighted by Crippen LogP contribution is 2.27. The molecule has 0 atom stereocenters. The molecule has 2 aliphatic heterocycles. The number of hydrogen-bond donors (Lipinski definition) is 0. The molecule has 0 N–H and O–H groups in total. The van der Waals surface area contributed by atoms with Crippen LogP contribution in [0.4, 0.5) is 0 Å². The van der Waals surface area contributed by atoms with Crippen molar-refractivity contribution in [2.75, 3.05) is 26.2 Å². The average Bonchev–Trinajstić information content (AvgIpc) is 3.17. The molecule has 0 saturated carbocycles. The molecule has 1 aromatic rings. The highest BCUT2D eigenvalue weighted by molar-refractivity contribution is 7.91. The summed E-state index contributed by atoms with van der Waals surface area (Å²) in [6.07, 6.45) is 3.91. The van der Waals surface area contributed by atoms with E-state index in [9.17, 15) is 13.2 Å². The Kier molecular flexibility index (Phi) is 3.83. The van der Waals surface area contributed by atoms with Gasteiger partial charge in [0.2, 0.25) is 0 Å². The lowest BCUT2D eigenvalue weighted by atomic mass is 10.3. The number of likely N-dealkylation sites (tertiary alicyclic amines) is 1. The first-order valence-electron chi connectivity index (χ1n) is 6.97. The van der Waals surface area contributed by atoms with E-state index in [0.717, 1.165) is 50.1 Å². The summed E-state index contributed by atoms with van der Waals surface area (Å²) in [7, 11) is -3.39. The molecule has 3 rings (SSSR count). The third-order valence-electron chi connectivity index (χ3n) is 3.87. The number of rotatable bonds is 3. The van der Waals surface area contributed by atoms with Crippen molar-refractivity contribution in [1.29, 1.82) is 0 Å². The molecule has 2 fully saturated rings. The SMILES string of the molecule is O=C(c1csc(S(=O)(=O)N2CCCC2)c1)N1CCCC1. The van der Waals surface area contributed by atoms with Crippen LogP contribution in [0.1, 0.15) is 36.0 Å². The van der Waals surface area contributed by atoms with E-state index in [1.807, 2.05) is 0 Å². The fraction of sp³-hybridized carbons (Fsp3) is 0.615. The normalized spacial score (nSPS) is 20.7. The summed E-state index contributed by atoms with van der Waals surface area (Å²) in [5.41, 5.74) is 0.509. The van der Waals surface area contributed by atoms with E-state index in [2.05, 4.69) is 0 Å². The van der Waals surface area contributed by atoms with Crippen LogP contribution in [-0.4, -0.2) is 49.7 Å². The standard InChI is InChI=1S/C13H18N2O3S2/c16-13(14-5-1-2-6-14)11-9-12(19-10-11)20(17,18)15-7-3-4-8-15/h9-10H,1-8H2. The lowest BCUT2D eigenvalue weighted by molar-refractivity contribution is 0.0793. The number of hydrogen-bond acceptors (Lipinski definition) is 4. The molecule has 1 aromatic heterocycles. The van der Waals surface area contributed by atoms with Crippen molar-refractivity contribution < 1.29 is 13.2 Å². The lowest BCUT2D eigenvalue weighted by Gasteiger charge is -2.14. The van der Waals surface area contributed by atoms with Gasteiger partial charge in [0.25, 0.3) is 15.9 Å². The molecule has 2 aliphatic rings. The van der Waals surface area contributed by atoms with Crippen LogP contribution in [0.2, 0.25) is 0 Å². The number of carbonyl (C=O) groups is 1. The minimum atomic E-state index is -3.39. The smallest absolute Gasteiger partial charge is 0.254 e. The molecule has 0 aliphatic carbocycles. The van der Waals surface area contributed by atoms with Gasteiger partial charge in [0, 0.05) is 31.6 Å². The van der Waals surface area contributed by atoms with Gasteiger partial charge in [0.1, 0.15) is 4.21 Å². The Morgan fingerprint density at radius 1 is 1.05 bits per heavy atom. The molecule has 0 unspecified atom stereocenters. The van der Waals surface area contributed by atoms with Crippen molar-refractivity contribution in [1.82, 2.24) is 9.21 Å². The van der Waals surface area contributed by atoms with Crippen LogP contribution in [0.15, 0.2) is 15.7 Å². The van der Waals surface area contributed by atoms with Gasteiger partial charge in [0.15, 0.2) is 0 Å². The van der Waals surface area contributed by atoms with Gasteiger partial charge < -0.3 is 4.90 Å². The van der Waals surface area contributed by atoms with Gasteiger partial charge in [-0.25, -0.2) is 8.42 Å². The van der Waals surface area contributed by atoms with Crippen molar-refractivity contribution in [2.45, 2.75) is 29.9 Å². The average molecular weight is 314 g/mol. The number of sulfonamides is 1. The van der Waals surface area contributed by atoms with E-state index in [1.54, 1.807) is 16.3 Å². The zero-order chi connectivity index (χ0) is 14.2. The van der Waals surface area contributed by atoms with E-state index in [0.29, 0.717) is 22.9 Å². The minimum absolute atomic E-state index is 0.0402. The largest absolute Gasteiger partial charge is 0.339 e. The Hall–Kier alpha value is -0.920. The summed E-state index contributed by atoms with van der Waals surface area (Å²) in [5, 5.41) is 1.67. The molecule has 7 heteroatoms. The zero-order valence-electron chi connectivity index (χ0n) is 11.2. The van der Waals surface area contributed by atoms with Crippen molar-refractivity contribution in [2.24, 2.45) is 0 Å². The molecule has 0 spiro atoms. The first kappa shape index (κ1) is 14.0. The van der Waals surface area contributed by atoms with Crippen LogP contribution >= 0.6 is 11.3 Å². The zero-order valence-corrected chi connectivity index (χ0v) is 12.9. The van der Waals surface area contributed by atoms with Gasteiger partial charge in [-0.1, -0.05) is 0 Å². The van der Waals surface area contributed by atoms with Gasteiger partial charge in [-0.2, -0.15) is 4.31 Å². The van der Waals surface area contributed by atoms with Crippen molar-refractivity contribution in [3.05, 3.63) is 17.0 Å². The van der Waals surface area contributed by atoms with Crippen LogP contribution in [-0.2, 0) is 10.0 Å².